The van der Waals surface area contributed by atoms with Crippen molar-refractivity contribution in [3.05, 3.63) is 28.5 Å². The number of rotatable bonds is 7. The number of benzene rings is 1. The Morgan fingerprint density at radius 3 is 2.65 bits per heavy atom. The van der Waals surface area contributed by atoms with E-state index in [9.17, 15) is 17.6 Å². The molecule has 1 rings (SSSR count). The van der Waals surface area contributed by atoms with Gasteiger partial charge in [0.25, 0.3) is 0 Å². The molecule has 112 valence electrons. The first-order valence-electron chi connectivity index (χ1n) is 5.98. The third-order valence-corrected chi connectivity index (χ3v) is 4.62. The Balaban J connectivity index is 3.00. The molecule has 5 nitrogen and oxygen atoms in total. The van der Waals surface area contributed by atoms with Crippen LogP contribution in [0.5, 0.6) is 0 Å². The highest BCUT2D eigenvalue weighted by Crippen LogP contribution is 2.20. The van der Waals surface area contributed by atoms with Gasteiger partial charge in [-0.3, -0.25) is 4.79 Å². The van der Waals surface area contributed by atoms with Gasteiger partial charge in [0.05, 0.1) is 0 Å². The molecule has 0 heterocycles. The molecule has 0 fully saturated rings. The predicted molar refractivity (Wildman–Crippen MR) is 75.4 cm³/mol. The van der Waals surface area contributed by atoms with E-state index in [1.807, 2.05) is 11.6 Å². The van der Waals surface area contributed by atoms with Crippen molar-refractivity contribution >= 4 is 31.9 Å². The fourth-order valence-corrected chi connectivity index (χ4v) is 3.20. The summed E-state index contributed by atoms with van der Waals surface area (Å²) in [5, 5.41) is 9.00. The van der Waals surface area contributed by atoms with Crippen molar-refractivity contribution in [2.24, 2.45) is 0 Å². The maximum atomic E-state index is 13.7. The molecule has 0 aromatic heterocycles. The van der Waals surface area contributed by atoms with Crippen molar-refractivity contribution in [1.29, 1.82) is 0 Å². The molecule has 2 N–H and O–H groups in total. The summed E-state index contributed by atoms with van der Waals surface area (Å²) >= 11 is 3.02. The molecular weight excluding hydrogens is 353 g/mol. The number of hydrogen-bond acceptors (Lipinski definition) is 3. The standard InChI is InChI=1S/C12H15BrFNO4S/c1-2-3-4-10(12(16)17)15-20(18,19)11-6-5-8(13)7-9(11)14/h5-7,10,15H,2-4H2,1H3,(H,16,17). The Morgan fingerprint density at radius 2 is 2.15 bits per heavy atom. The lowest BCUT2D eigenvalue weighted by molar-refractivity contribution is -0.139. The second-order valence-corrected chi connectivity index (χ2v) is 6.83. The second kappa shape index (κ2) is 7.14. The molecule has 20 heavy (non-hydrogen) atoms. The lowest BCUT2D eigenvalue weighted by Gasteiger charge is -2.14. The number of unbranched alkanes of at least 4 members (excludes halogenated alkanes) is 1. The van der Waals surface area contributed by atoms with E-state index in [0.29, 0.717) is 10.9 Å². The summed E-state index contributed by atoms with van der Waals surface area (Å²) in [6, 6.07) is 2.21. The Kier molecular flexibility index (Phi) is 6.09. The molecule has 1 unspecified atom stereocenters. The fraction of sp³-hybridized carbons (Fsp3) is 0.417. The van der Waals surface area contributed by atoms with Crippen molar-refractivity contribution in [2.45, 2.75) is 37.1 Å². The Hall–Kier alpha value is -0.990. The van der Waals surface area contributed by atoms with Gasteiger partial charge in [-0.15, -0.1) is 0 Å². The summed E-state index contributed by atoms with van der Waals surface area (Å²) in [6.07, 6.45) is 1.45. The number of halogens is 2. The molecule has 0 amide bonds. The van der Waals surface area contributed by atoms with Crippen LogP contribution in [0.2, 0.25) is 0 Å². The summed E-state index contributed by atoms with van der Waals surface area (Å²) in [4.78, 5) is 10.5. The van der Waals surface area contributed by atoms with Crippen LogP contribution in [0.1, 0.15) is 26.2 Å². The number of sulfonamides is 1. The number of aliphatic carboxylic acids is 1. The molecular formula is C12H15BrFNO4S. The van der Waals surface area contributed by atoms with Gasteiger partial charge < -0.3 is 5.11 Å². The van der Waals surface area contributed by atoms with Crippen LogP contribution in [0.15, 0.2) is 27.6 Å². The number of carboxylic acid groups (broad SMARTS) is 1. The van der Waals surface area contributed by atoms with Gasteiger partial charge in [-0.25, -0.2) is 12.8 Å². The number of nitrogens with one attached hydrogen (secondary N) is 1. The van der Waals surface area contributed by atoms with E-state index in [0.717, 1.165) is 18.6 Å². The monoisotopic (exact) mass is 367 g/mol. The van der Waals surface area contributed by atoms with Gasteiger partial charge in [0.15, 0.2) is 0 Å². The van der Waals surface area contributed by atoms with Crippen LogP contribution in [0, 0.1) is 5.82 Å². The summed E-state index contributed by atoms with van der Waals surface area (Å²) in [7, 11) is -4.21. The molecule has 1 atom stereocenters. The maximum absolute atomic E-state index is 13.7. The molecule has 1 aromatic rings. The van der Waals surface area contributed by atoms with Gasteiger partial charge in [-0.2, -0.15) is 4.72 Å². The lowest BCUT2D eigenvalue weighted by Crippen LogP contribution is -2.40. The highest BCUT2D eigenvalue weighted by atomic mass is 79.9. The second-order valence-electron chi connectivity index (χ2n) is 4.23. The van der Waals surface area contributed by atoms with Crippen LogP contribution < -0.4 is 4.72 Å². The van der Waals surface area contributed by atoms with Gasteiger partial charge in [-0.1, -0.05) is 35.7 Å². The van der Waals surface area contributed by atoms with Crippen molar-refractivity contribution in [3.8, 4) is 0 Å². The highest BCUT2D eigenvalue weighted by molar-refractivity contribution is 9.10. The number of hydrogen-bond donors (Lipinski definition) is 2. The van der Waals surface area contributed by atoms with E-state index in [1.165, 1.54) is 6.07 Å². The number of carbonyl (C=O) groups is 1. The van der Waals surface area contributed by atoms with E-state index < -0.39 is 32.7 Å². The van der Waals surface area contributed by atoms with E-state index in [-0.39, 0.29) is 6.42 Å². The Bertz CT molecular complexity index is 591. The van der Waals surface area contributed by atoms with Crippen molar-refractivity contribution in [1.82, 2.24) is 4.72 Å². The van der Waals surface area contributed by atoms with Crippen molar-refractivity contribution in [2.75, 3.05) is 0 Å². The first kappa shape index (κ1) is 17.1. The smallest absolute Gasteiger partial charge is 0.321 e. The fourth-order valence-electron chi connectivity index (χ4n) is 1.58. The van der Waals surface area contributed by atoms with E-state index >= 15 is 0 Å². The molecule has 1 aromatic carbocycles. The minimum atomic E-state index is -4.21. The average molecular weight is 368 g/mol. The van der Waals surface area contributed by atoms with E-state index in [1.54, 1.807) is 0 Å². The zero-order valence-electron chi connectivity index (χ0n) is 10.8. The van der Waals surface area contributed by atoms with Crippen LogP contribution in [0.4, 0.5) is 4.39 Å². The van der Waals surface area contributed by atoms with Gasteiger partial charge >= 0.3 is 5.97 Å². The van der Waals surface area contributed by atoms with E-state index in [2.05, 4.69) is 15.9 Å². The zero-order chi connectivity index (χ0) is 15.3. The average Bonchev–Trinajstić information content (AvgIpc) is 2.33. The van der Waals surface area contributed by atoms with Crippen LogP contribution >= 0.6 is 15.9 Å². The van der Waals surface area contributed by atoms with Crippen LogP contribution in [0.3, 0.4) is 0 Å². The largest absolute Gasteiger partial charge is 0.480 e. The summed E-state index contributed by atoms with van der Waals surface area (Å²) in [5.41, 5.74) is 0. The SMILES string of the molecule is CCCCC(NS(=O)(=O)c1ccc(Br)cc1F)C(=O)O. The molecule has 0 bridgehead atoms. The molecule has 0 aliphatic rings. The van der Waals surface area contributed by atoms with Crippen LogP contribution in [0.25, 0.3) is 0 Å². The third-order valence-electron chi connectivity index (χ3n) is 2.63. The van der Waals surface area contributed by atoms with E-state index in [4.69, 9.17) is 5.11 Å². The maximum Gasteiger partial charge on any atom is 0.321 e. The van der Waals surface area contributed by atoms with Crippen LogP contribution in [-0.2, 0) is 14.8 Å². The number of carboxylic acids is 1. The summed E-state index contributed by atoms with van der Waals surface area (Å²) in [5.74, 6) is -2.22. The topological polar surface area (TPSA) is 83.5 Å². The first-order valence-corrected chi connectivity index (χ1v) is 8.25. The zero-order valence-corrected chi connectivity index (χ0v) is 13.2. The molecule has 0 aliphatic heterocycles. The molecule has 0 aliphatic carbocycles. The minimum absolute atomic E-state index is 0.156. The Morgan fingerprint density at radius 1 is 1.50 bits per heavy atom. The normalized spacial score (nSPS) is 13.2. The summed E-state index contributed by atoms with van der Waals surface area (Å²) in [6.45, 7) is 1.86. The highest BCUT2D eigenvalue weighted by Gasteiger charge is 2.27. The van der Waals surface area contributed by atoms with Crippen molar-refractivity contribution in [3.63, 3.8) is 0 Å². The first-order chi connectivity index (χ1) is 9.27. The lowest BCUT2D eigenvalue weighted by atomic mass is 10.1. The van der Waals surface area contributed by atoms with Crippen molar-refractivity contribution < 1.29 is 22.7 Å². The third kappa shape index (κ3) is 4.53. The van der Waals surface area contributed by atoms with Gasteiger partial charge in [0.1, 0.15) is 16.8 Å². The van der Waals surface area contributed by atoms with Gasteiger partial charge in [0, 0.05) is 4.47 Å². The van der Waals surface area contributed by atoms with Gasteiger partial charge in [0.2, 0.25) is 10.0 Å². The van der Waals surface area contributed by atoms with Crippen LogP contribution in [-0.4, -0.2) is 25.5 Å². The minimum Gasteiger partial charge on any atom is -0.480 e. The quantitative estimate of drug-likeness (QED) is 0.775. The molecule has 0 saturated heterocycles. The van der Waals surface area contributed by atoms with Gasteiger partial charge in [-0.05, 0) is 24.6 Å². The predicted octanol–water partition coefficient (Wildman–Crippen LogP) is 2.51. The molecule has 0 spiro atoms. The Labute approximate surface area is 125 Å². The summed E-state index contributed by atoms with van der Waals surface area (Å²) < 4.78 is 40.1. The molecule has 0 saturated carbocycles. The molecule has 8 heteroatoms. The molecule has 0 radical (unpaired) electrons.